The Hall–Kier alpha value is -4.07. The lowest BCUT2D eigenvalue weighted by atomic mass is 9.63. The minimum absolute atomic E-state index is 0.0292. The first-order valence-corrected chi connectivity index (χ1v) is 17.2. The Labute approximate surface area is 293 Å². The number of rotatable bonds is 4. The van der Waals surface area contributed by atoms with Crippen LogP contribution in [0.3, 0.4) is 0 Å². The molecule has 2 saturated carbocycles. The van der Waals surface area contributed by atoms with Gasteiger partial charge in [0.1, 0.15) is 38.6 Å². The van der Waals surface area contributed by atoms with E-state index < -0.39 is 23.0 Å². The fourth-order valence-electron chi connectivity index (χ4n) is 9.67. The molecule has 8 rings (SSSR count). The van der Waals surface area contributed by atoms with Crippen LogP contribution >= 0.6 is 0 Å². The predicted octanol–water partition coefficient (Wildman–Crippen LogP) is 1.74. The van der Waals surface area contributed by atoms with Gasteiger partial charge in [-0.05, 0) is 24.3 Å². The molecule has 8 atom stereocenters. The van der Waals surface area contributed by atoms with Gasteiger partial charge in [0.05, 0.1) is 50.3 Å². The van der Waals surface area contributed by atoms with E-state index in [1.54, 1.807) is 29.0 Å². The molecule has 2 spiro atoms. The molecule has 50 heavy (non-hydrogen) atoms. The summed E-state index contributed by atoms with van der Waals surface area (Å²) in [5.41, 5.74) is 2.85. The van der Waals surface area contributed by atoms with Crippen molar-refractivity contribution in [2.45, 2.75) is 86.9 Å². The van der Waals surface area contributed by atoms with Gasteiger partial charge in [0, 0.05) is 88.0 Å². The van der Waals surface area contributed by atoms with E-state index in [1.807, 2.05) is 38.4 Å². The van der Waals surface area contributed by atoms with Crippen molar-refractivity contribution in [1.29, 1.82) is 10.5 Å². The van der Waals surface area contributed by atoms with Gasteiger partial charge in [-0.25, -0.2) is 10.5 Å². The van der Waals surface area contributed by atoms with Crippen LogP contribution in [-0.2, 0) is 33.5 Å². The van der Waals surface area contributed by atoms with Crippen LogP contribution in [0.1, 0.15) is 60.8 Å². The topological polar surface area (TPSA) is 159 Å². The van der Waals surface area contributed by atoms with Crippen molar-refractivity contribution in [1.82, 2.24) is 0 Å². The van der Waals surface area contributed by atoms with Gasteiger partial charge < -0.3 is 37.9 Å². The average Bonchev–Trinajstić information content (AvgIpc) is 3.49. The molecule has 2 aromatic carbocycles. The summed E-state index contributed by atoms with van der Waals surface area (Å²) in [6.45, 7) is 2.71. The maximum atomic E-state index is 12.1. The zero-order valence-corrected chi connectivity index (χ0v) is 29.0. The normalized spacial score (nSPS) is 35.8. The highest BCUT2D eigenvalue weighted by molar-refractivity contribution is 6.37. The number of benzene rings is 2. The molecule has 2 aliphatic carbocycles. The molecule has 12 nitrogen and oxygen atoms in total. The maximum absolute atomic E-state index is 12.1. The van der Waals surface area contributed by atoms with E-state index in [9.17, 15) is 30.3 Å². The van der Waals surface area contributed by atoms with Crippen LogP contribution in [0.2, 0.25) is 0 Å². The van der Waals surface area contributed by atoms with Crippen LogP contribution in [0.25, 0.3) is 0 Å². The van der Waals surface area contributed by atoms with Crippen molar-refractivity contribution in [3.8, 4) is 34.9 Å². The van der Waals surface area contributed by atoms with E-state index in [2.05, 4.69) is 11.9 Å². The monoisotopic (exact) mass is 680 g/mol. The second-order valence-corrected chi connectivity index (χ2v) is 15.2. The number of carbonyl (C=O) groups excluding carboxylic acids is 2. The zero-order valence-electron chi connectivity index (χ0n) is 29.0. The molecule has 260 valence electrons. The van der Waals surface area contributed by atoms with E-state index >= 15 is 0 Å². The molecule has 2 fully saturated rings. The number of hydrogen-bond acceptors (Lipinski definition) is 10. The van der Waals surface area contributed by atoms with Crippen molar-refractivity contribution in [3.05, 3.63) is 46.5 Å². The highest BCUT2D eigenvalue weighted by Gasteiger charge is 2.61. The molecule has 14 heteroatoms. The lowest BCUT2D eigenvalue weighted by molar-refractivity contribution is -0.813. The van der Waals surface area contributed by atoms with Crippen LogP contribution in [0.5, 0.6) is 23.0 Å². The summed E-state index contributed by atoms with van der Waals surface area (Å²) in [4.78, 5) is 24.1. The maximum Gasteiger partial charge on any atom is 0.166 e. The quantitative estimate of drug-likeness (QED) is 0.456. The van der Waals surface area contributed by atoms with E-state index in [0.29, 0.717) is 83.6 Å². The summed E-state index contributed by atoms with van der Waals surface area (Å²) < 4.78 is 24.3. The summed E-state index contributed by atoms with van der Waals surface area (Å²) in [6.07, 6.45) is -0.0607. The fraction of sp³-hybridized carbons (Fsp3) is 0.556. The largest absolute Gasteiger partial charge is 0.546 e. The smallest absolute Gasteiger partial charge is 0.166 e. The second kappa shape index (κ2) is 12.3. The number of ketones is 2. The Kier molecular flexibility index (Phi) is 8.46. The Bertz CT molecular complexity index is 1720. The minimum Gasteiger partial charge on any atom is -0.546 e. The molecule has 2 N–H and O–H groups in total. The van der Waals surface area contributed by atoms with E-state index in [0.717, 1.165) is 22.3 Å². The third-order valence-electron chi connectivity index (χ3n) is 12.2. The molecule has 0 unspecified atom stereocenters. The van der Waals surface area contributed by atoms with Gasteiger partial charge in [-0.2, -0.15) is 0 Å². The summed E-state index contributed by atoms with van der Waals surface area (Å²) in [6, 6.07) is 7.74. The highest BCUT2D eigenvalue weighted by atomic mass is 16.5. The van der Waals surface area contributed by atoms with Crippen LogP contribution in [0.15, 0.2) is 24.3 Å². The number of aliphatic hydroxyl groups excluding tert-OH is 2. The standard InChI is InChI=1S/2C18H21BN2O4/c2*1-21(19-10-20)6-5-18-14(23)7-12(22)8-15(18)25-17-13(24-2)4-3-11(9-21)16(17)18/h2*3-4,14-15,23H,5-9H2,1-2H3/t2*14-,15-,18+,21+/m11/s1. The van der Waals surface area contributed by atoms with Gasteiger partial charge in [-0.1, -0.05) is 0 Å². The van der Waals surface area contributed by atoms with Crippen molar-refractivity contribution >= 4 is 26.4 Å². The van der Waals surface area contributed by atoms with E-state index in [-0.39, 0.29) is 36.6 Å². The fourth-order valence-corrected chi connectivity index (χ4v) is 9.67. The number of aliphatic hydroxyl groups is 2. The summed E-state index contributed by atoms with van der Waals surface area (Å²) >= 11 is 0. The van der Waals surface area contributed by atoms with Crippen LogP contribution in [0, 0.1) is 22.5 Å². The van der Waals surface area contributed by atoms with Gasteiger partial charge in [0.15, 0.2) is 23.0 Å². The van der Waals surface area contributed by atoms with Gasteiger partial charge in [0.2, 0.25) is 0 Å². The molecule has 2 aromatic rings. The van der Waals surface area contributed by atoms with Crippen LogP contribution in [-0.4, -0.2) is 111 Å². The molecular formula is C36H42B2N4O8. The second-order valence-electron chi connectivity index (χ2n) is 15.2. The lowest BCUT2D eigenvalue weighted by Gasteiger charge is -2.46. The van der Waals surface area contributed by atoms with Crippen molar-refractivity contribution < 1.29 is 47.5 Å². The number of methoxy groups -OCH3 is 2. The van der Waals surface area contributed by atoms with Gasteiger partial charge >= 0.3 is 0 Å². The summed E-state index contributed by atoms with van der Waals surface area (Å²) in [7, 11) is 10.5. The first-order valence-electron chi connectivity index (χ1n) is 17.2. The lowest BCUT2D eigenvalue weighted by Crippen LogP contribution is -2.55. The highest BCUT2D eigenvalue weighted by Crippen LogP contribution is 2.59. The Morgan fingerprint density at radius 1 is 0.740 bits per heavy atom. The van der Waals surface area contributed by atoms with Crippen LogP contribution < -0.4 is 18.9 Å². The third-order valence-corrected chi connectivity index (χ3v) is 12.2. The van der Waals surface area contributed by atoms with Gasteiger partial charge in [0.25, 0.3) is 0 Å². The average molecular weight is 680 g/mol. The zero-order chi connectivity index (χ0) is 35.6. The Morgan fingerprint density at radius 2 is 1.14 bits per heavy atom. The minimum atomic E-state index is -0.778. The molecule has 4 radical (unpaired) electrons. The van der Waals surface area contributed by atoms with E-state index in [4.69, 9.17) is 18.9 Å². The predicted molar refractivity (Wildman–Crippen MR) is 180 cm³/mol. The number of carbonyl (C=O) groups is 2. The van der Waals surface area contributed by atoms with Gasteiger partial charge in [-0.15, -0.1) is 11.9 Å². The molecule has 4 heterocycles. The molecule has 0 saturated heterocycles. The Morgan fingerprint density at radius 3 is 1.50 bits per heavy atom. The van der Waals surface area contributed by atoms with Crippen molar-refractivity contribution in [2.75, 3.05) is 41.4 Å². The van der Waals surface area contributed by atoms with E-state index in [1.165, 1.54) is 0 Å². The molecule has 0 amide bonds. The number of hydrogen-bond donors (Lipinski definition) is 2. The number of quaternary nitrogens is 2. The molecule has 0 bridgehead atoms. The number of ether oxygens (including phenoxy) is 4. The summed E-state index contributed by atoms with van der Waals surface area (Å²) in [5.74, 6) is 6.97. The van der Waals surface area contributed by atoms with Crippen molar-refractivity contribution in [2.24, 2.45) is 0 Å². The number of nitriles is 2. The Balaban J connectivity index is 0.000000157. The SMILES string of the molecule is COc1ccc2c3c1O[C@@H]1CC(=O)C[C@@H](O)[C@]31CC[N@+](C)([B-]C#N)C2.COc1ccc2c3c1O[C@@H]1CC(=O)C[C@@H](O)[C@]31CC[N@+](C)([B-]C#N)C2. The summed E-state index contributed by atoms with van der Waals surface area (Å²) in [5, 5.41) is 40.3. The molecule has 0 aromatic heterocycles. The van der Waals surface area contributed by atoms with Crippen LogP contribution in [0.4, 0.5) is 0 Å². The number of nitrogens with zero attached hydrogens (tertiary/aromatic N) is 4. The van der Waals surface area contributed by atoms with Crippen molar-refractivity contribution in [3.63, 3.8) is 0 Å². The third kappa shape index (κ3) is 5.11. The number of Topliss-reactive ketones (excluding diaryl/α,β-unsaturated/α-hetero) is 2. The molecule has 4 aliphatic heterocycles. The molecular weight excluding hydrogens is 638 g/mol. The first-order chi connectivity index (χ1) is 23.9. The first kappa shape index (κ1) is 34.4. The van der Waals surface area contributed by atoms with Gasteiger partial charge in [-0.3, -0.25) is 9.59 Å². The molecule has 6 aliphatic rings.